The number of amides is 3. The van der Waals surface area contributed by atoms with Gasteiger partial charge in [0.25, 0.3) is 5.91 Å². The van der Waals surface area contributed by atoms with E-state index >= 15 is 0 Å². The fourth-order valence-electron chi connectivity index (χ4n) is 3.63. The third kappa shape index (κ3) is 4.73. The molecule has 3 aliphatic rings. The summed E-state index contributed by atoms with van der Waals surface area (Å²) in [7, 11) is 1.84. The molecule has 2 fully saturated rings. The summed E-state index contributed by atoms with van der Waals surface area (Å²) in [6.45, 7) is 2.63. The van der Waals surface area contributed by atoms with Crippen LogP contribution in [0.3, 0.4) is 0 Å². The molecular formula is C21H26N4O6S. The summed E-state index contributed by atoms with van der Waals surface area (Å²) < 4.78 is 0. The monoisotopic (exact) mass is 462 g/mol. The average Bonchev–Trinajstić information content (AvgIpc) is 3.14. The average molecular weight is 463 g/mol. The Morgan fingerprint density at radius 2 is 1.91 bits per heavy atom. The van der Waals surface area contributed by atoms with E-state index in [1.54, 1.807) is 11.8 Å². The molecule has 1 aromatic rings. The van der Waals surface area contributed by atoms with Crippen molar-refractivity contribution in [1.82, 2.24) is 15.1 Å². The van der Waals surface area contributed by atoms with Crippen LogP contribution in [0.5, 0.6) is 5.75 Å². The number of rotatable bonds is 4. The number of hydrogen-bond donors (Lipinski definition) is 4. The van der Waals surface area contributed by atoms with Crippen LogP contribution in [0.1, 0.15) is 31.4 Å². The third-order valence-corrected chi connectivity index (χ3v) is 6.93. The molecule has 3 amide bonds. The minimum Gasteiger partial charge on any atom is -0.508 e. The zero-order valence-corrected chi connectivity index (χ0v) is 18.6. The molecule has 0 radical (unpaired) electrons. The van der Waals surface area contributed by atoms with Crippen LogP contribution in [-0.4, -0.2) is 74.5 Å². The van der Waals surface area contributed by atoms with E-state index in [2.05, 4.69) is 5.32 Å². The molecule has 3 heterocycles. The second kappa shape index (κ2) is 9.61. The number of aromatic hydroxyl groups is 1. The normalized spacial score (nSPS) is 23.1. The van der Waals surface area contributed by atoms with Gasteiger partial charge in [0.15, 0.2) is 0 Å². The van der Waals surface area contributed by atoms with Gasteiger partial charge in [0.05, 0.1) is 0 Å². The molecule has 5 N–H and O–H groups in total. The number of likely N-dealkylation sites (tertiary alicyclic amines) is 1. The van der Waals surface area contributed by atoms with Crippen LogP contribution >= 0.6 is 11.8 Å². The van der Waals surface area contributed by atoms with Gasteiger partial charge < -0.3 is 26.2 Å². The zero-order chi connectivity index (χ0) is 23.6. The van der Waals surface area contributed by atoms with E-state index < -0.39 is 35.2 Å². The number of nitrogens with two attached hydrogens (primary N) is 1. The lowest BCUT2D eigenvalue weighted by molar-refractivity contribution is -0.150. The molecule has 32 heavy (non-hydrogen) atoms. The molecular weight excluding hydrogens is 436 g/mol. The first-order chi connectivity index (χ1) is 15.1. The summed E-state index contributed by atoms with van der Waals surface area (Å²) in [6.07, 6.45) is 1.81. The Labute approximate surface area is 189 Å². The predicted molar refractivity (Wildman–Crippen MR) is 117 cm³/mol. The lowest BCUT2D eigenvalue weighted by Gasteiger charge is -2.49. The van der Waals surface area contributed by atoms with Crippen molar-refractivity contribution in [3.63, 3.8) is 0 Å². The molecule has 0 bridgehead atoms. The summed E-state index contributed by atoms with van der Waals surface area (Å²) in [6, 6.07) is 4.09. The quantitative estimate of drug-likeness (QED) is 0.469. The third-order valence-electron chi connectivity index (χ3n) is 5.50. The summed E-state index contributed by atoms with van der Waals surface area (Å²) in [5.41, 5.74) is 7.00. The highest BCUT2D eigenvalue weighted by molar-refractivity contribution is 8.00. The Bertz CT molecular complexity index is 964. The first-order valence-corrected chi connectivity index (χ1v) is 11.1. The van der Waals surface area contributed by atoms with Crippen molar-refractivity contribution in [2.75, 3.05) is 19.3 Å². The number of benzene rings is 1. The number of carbonyl (C=O) groups is 4. The number of hydrogen-bond acceptors (Lipinski definition) is 7. The van der Waals surface area contributed by atoms with E-state index in [4.69, 9.17) is 5.73 Å². The fraction of sp³-hybridized carbons (Fsp3) is 0.429. The first-order valence-electron chi connectivity index (χ1n) is 10.1. The zero-order valence-electron chi connectivity index (χ0n) is 17.8. The highest BCUT2D eigenvalue weighted by atomic mass is 32.2. The van der Waals surface area contributed by atoms with Gasteiger partial charge in [0.2, 0.25) is 11.8 Å². The van der Waals surface area contributed by atoms with E-state index in [0.717, 1.165) is 19.4 Å². The van der Waals surface area contributed by atoms with E-state index in [9.17, 15) is 29.4 Å². The highest BCUT2D eigenvalue weighted by Crippen LogP contribution is 2.40. The number of phenols is 1. The SMILES string of the molecule is CC1=C(C(=O)O)N2C(=O)[C@@H](NC(=O)[C@H](N)c3ccc(O)cc3)[C@H]2SC1.CN1CCCC1=O. The summed E-state index contributed by atoms with van der Waals surface area (Å²) in [5.74, 6) is -1.32. The lowest BCUT2D eigenvalue weighted by Crippen LogP contribution is -2.71. The van der Waals surface area contributed by atoms with Crippen LogP contribution in [0, 0.1) is 0 Å². The Morgan fingerprint density at radius 3 is 2.41 bits per heavy atom. The van der Waals surface area contributed by atoms with Crippen LogP contribution in [0.2, 0.25) is 0 Å². The van der Waals surface area contributed by atoms with Crippen molar-refractivity contribution in [2.45, 2.75) is 37.2 Å². The Morgan fingerprint density at radius 1 is 1.25 bits per heavy atom. The molecule has 0 spiro atoms. The van der Waals surface area contributed by atoms with Crippen molar-refractivity contribution in [1.29, 1.82) is 0 Å². The van der Waals surface area contributed by atoms with Crippen LogP contribution < -0.4 is 11.1 Å². The molecule has 11 heteroatoms. The predicted octanol–water partition coefficient (Wildman–Crippen LogP) is 0.389. The number of nitrogens with one attached hydrogen (secondary N) is 1. The number of thioether (sulfide) groups is 1. The topological polar surface area (TPSA) is 153 Å². The van der Waals surface area contributed by atoms with Gasteiger partial charge in [0.1, 0.15) is 28.9 Å². The number of phenolic OH excluding ortho intramolecular Hbond substituents is 1. The first kappa shape index (κ1) is 23.6. The smallest absolute Gasteiger partial charge is 0.352 e. The Kier molecular flexibility index (Phi) is 7.09. The Balaban J connectivity index is 0.000000352. The number of aliphatic carboxylic acids is 1. The van der Waals surface area contributed by atoms with Gasteiger partial charge in [-0.05, 0) is 36.6 Å². The van der Waals surface area contributed by atoms with E-state index in [-0.39, 0.29) is 11.4 Å². The van der Waals surface area contributed by atoms with Crippen LogP contribution in [0.15, 0.2) is 35.5 Å². The maximum atomic E-state index is 12.3. The maximum Gasteiger partial charge on any atom is 0.352 e. The molecule has 3 atom stereocenters. The van der Waals surface area contributed by atoms with Crippen LogP contribution in [-0.2, 0) is 19.2 Å². The van der Waals surface area contributed by atoms with Gasteiger partial charge in [-0.2, -0.15) is 0 Å². The number of carbonyl (C=O) groups excluding carboxylic acids is 3. The number of carboxylic acids is 1. The maximum absolute atomic E-state index is 12.3. The van der Waals surface area contributed by atoms with Crippen molar-refractivity contribution >= 4 is 35.5 Å². The molecule has 10 nitrogen and oxygen atoms in total. The van der Waals surface area contributed by atoms with Gasteiger partial charge in [-0.25, -0.2) is 4.79 Å². The fourth-order valence-corrected chi connectivity index (χ4v) is 4.93. The van der Waals surface area contributed by atoms with Crippen molar-refractivity contribution in [3.8, 4) is 5.75 Å². The van der Waals surface area contributed by atoms with Gasteiger partial charge in [-0.1, -0.05) is 12.1 Å². The number of carboxylic acid groups (broad SMARTS) is 1. The molecule has 0 saturated carbocycles. The molecule has 4 rings (SSSR count). The highest BCUT2D eigenvalue weighted by Gasteiger charge is 2.53. The largest absolute Gasteiger partial charge is 0.508 e. The minimum absolute atomic E-state index is 0.0120. The number of fused-ring (bicyclic) bond motifs is 1. The van der Waals surface area contributed by atoms with Gasteiger partial charge in [0, 0.05) is 25.8 Å². The number of nitrogens with zero attached hydrogens (tertiary/aromatic N) is 2. The van der Waals surface area contributed by atoms with E-state index in [0.29, 0.717) is 22.8 Å². The molecule has 2 saturated heterocycles. The van der Waals surface area contributed by atoms with Crippen LogP contribution in [0.25, 0.3) is 0 Å². The summed E-state index contributed by atoms with van der Waals surface area (Å²) >= 11 is 1.40. The summed E-state index contributed by atoms with van der Waals surface area (Å²) in [4.78, 5) is 49.5. The second-order valence-electron chi connectivity index (χ2n) is 7.82. The van der Waals surface area contributed by atoms with Crippen molar-refractivity contribution < 1.29 is 29.4 Å². The van der Waals surface area contributed by atoms with Gasteiger partial charge >= 0.3 is 5.97 Å². The van der Waals surface area contributed by atoms with Crippen molar-refractivity contribution in [3.05, 3.63) is 41.1 Å². The Hall–Kier alpha value is -3.05. The molecule has 1 aromatic carbocycles. The van der Waals surface area contributed by atoms with Gasteiger partial charge in [-0.15, -0.1) is 11.8 Å². The van der Waals surface area contributed by atoms with Crippen LogP contribution in [0.4, 0.5) is 0 Å². The molecule has 0 aliphatic carbocycles. The molecule has 0 unspecified atom stereocenters. The van der Waals surface area contributed by atoms with Gasteiger partial charge in [-0.3, -0.25) is 19.3 Å². The van der Waals surface area contributed by atoms with E-state index in [1.165, 1.54) is 40.9 Å². The molecule has 0 aromatic heterocycles. The minimum atomic E-state index is -1.15. The second-order valence-corrected chi connectivity index (χ2v) is 8.92. The van der Waals surface area contributed by atoms with E-state index in [1.807, 2.05) is 7.05 Å². The molecule has 172 valence electrons. The van der Waals surface area contributed by atoms with Crippen molar-refractivity contribution in [2.24, 2.45) is 5.73 Å². The number of β-lactam (4-membered cyclic amide) rings is 1. The molecule has 3 aliphatic heterocycles. The summed E-state index contributed by atoms with van der Waals surface area (Å²) in [5, 5.41) is 20.7. The standard InChI is InChI=1S/C16H17N3O5S.C5H9NO/c1-7-6-25-15-11(14(22)19(15)12(7)16(23)24)18-13(21)10(17)8-2-4-9(20)5-3-8;1-6-4-2-3-5(6)7/h2-5,10-11,15,20H,6,17H2,1H3,(H,18,21)(H,23,24);2-4H2,1H3/t10-,11-,15-;/m1./s1. The lowest BCUT2D eigenvalue weighted by atomic mass is 10.0.